The van der Waals surface area contributed by atoms with E-state index in [0.717, 1.165) is 2.88 Å². The minimum atomic E-state index is -0.336. The van der Waals surface area contributed by atoms with E-state index in [-0.39, 0.29) is 5.97 Å². The molecule has 1 heterocycles. The van der Waals surface area contributed by atoms with E-state index in [1.807, 2.05) is 0 Å². The third-order valence-corrected chi connectivity index (χ3v) is 3.36. The standard InChI is InChI=1S/C6H4ClIO2S/c1-10-6(9)3-2-4(7)11-5(3)8/h2H,1H3. The first-order valence-corrected chi connectivity index (χ1v) is 4.95. The van der Waals surface area contributed by atoms with Crippen molar-refractivity contribution in [1.29, 1.82) is 0 Å². The van der Waals surface area contributed by atoms with E-state index in [9.17, 15) is 4.79 Å². The number of carbonyl (C=O) groups is 1. The Bertz CT molecular complexity index is 284. The Balaban J connectivity index is 3.03. The van der Waals surface area contributed by atoms with Crippen LogP contribution in [0, 0.1) is 2.88 Å². The first kappa shape index (κ1) is 9.28. The highest BCUT2D eigenvalue weighted by atomic mass is 127. The molecule has 0 radical (unpaired) electrons. The van der Waals surface area contributed by atoms with E-state index in [1.165, 1.54) is 18.4 Å². The average molecular weight is 303 g/mol. The molecule has 0 aliphatic carbocycles. The molecule has 0 unspecified atom stereocenters. The maximum absolute atomic E-state index is 11.0. The molecule has 0 atom stereocenters. The molecule has 1 rings (SSSR count). The Morgan fingerprint density at radius 3 is 2.82 bits per heavy atom. The largest absolute Gasteiger partial charge is 0.465 e. The molecule has 2 nitrogen and oxygen atoms in total. The molecule has 0 aliphatic heterocycles. The van der Waals surface area contributed by atoms with Gasteiger partial charge in [0.15, 0.2) is 0 Å². The van der Waals surface area contributed by atoms with Crippen molar-refractivity contribution in [3.05, 3.63) is 18.9 Å². The van der Waals surface area contributed by atoms with Gasteiger partial charge in [0.05, 0.1) is 19.9 Å². The number of hydrogen-bond donors (Lipinski definition) is 0. The van der Waals surface area contributed by atoms with Gasteiger partial charge in [0, 0.05) is 0 Å². The molecule has 11 heavy (non-hydrogen) atoms. The quantitative estimate of drug-likeness (QED) is 0.589. The summed E-state index contributed by atoms with van der Waals surface area (Å²) in [6.07, 6.45) is 0. The average Bonchev–Trinajstić information content (AvgIpc) is 2.28. The van der Waals surface area contributed by atoms with Gasteiger partial charge >= 0.3 is 5.97 Å². The lowest BCUT2D eigenvalue weighted by Crippen LogP contribution is -2.00. The van der Waals surface area contributed by atoms with Crippen molar-refractivity contribution in [2.75, 3.05) is 7.11 Å². The van der Waals surface area contributed by atoms with Crippen molar-refractivity contribution in [2.45, 2.75) is 0 Å². The maximum Gasteiger partial charge on any atom is 0.339 e. The fourth-order valence-electron chi connectivity index (χ4n) is 0.589. The van der Waals surface area contributed by atoms with E-state index in [1.54, 1.807) is 6.07 Å². The van der Waals surface area contributed by atoms with Gasteiger partial charge in [-0.25, -0.2) is 4.79 Å². The van der Waals surface area contributed by atoms with Gasteiger partial charge in [0.25, 0.3) is 0 Å². The van der Waals surface area contributed by atoms with Crippen LogP contribution in [0.5, 0.6) is 0 Å². The lowest BCUT2D eigenvalue weighted by atomic mass is 10.3. The normalized spacial score (nSPS) is 9.73. The van der Waals surface area contributed by atoms with Crippen molar-refractivity contribution < 1.29 is 9.53 Å². The third kappa shape index (κ3) is 2.07. The van der Waals surface area contributed by atoms with Crippen LogP contribution in [-0.2, 0) is 4.74 Å². The van der Waals surface area contributed by atoms with Crippen LogP contribution in [0.25, 0.3) is 0 Å². The van der Waals surface area contributed by atoms with Crippen LogP contribution in [0.3, 0.4) is 0 Å². The summed E-state index contributed by atoms with van der Waals surface area (Å²) in [7, 11) is 1.35. The van der Waals surface area contributed by atoms with Crippen LogP contribution in [0.4, 0.5) is 0 Å². The van der Waals surface area contributed by atoms with E-state index in [2.05, 4.69) is 27.3 Å². The molecule has 0 spiro atoms. The highest BCUT2D eigenvalue weighted by Gasteiger charge is 2.13. The van der Waals surface area contributed by atoms with Crippen molar-refractivity contribution in [1.82, 2.24) is 0 Å². The first-order chi connectivity index (χ1) is 5.15. The van der Waals surface area contributed by atoms with Crippen LogP contribution in [-0.4, -0.2) is 13.1 Å². The number of methoxy groups -OCH3 is 1. The monoisotopic (exact) mass is 302 g/mol. The molecule has 0 amide bonds. The second-order valence-electron chi connectivity index (χ2n) is 1.73. The molecule has 60 valence electrons. The number of halogens is 2. The van der Waals surface area contributed by atoms with Crippen molar-refractivity contribution in [2.24, 2.45) is 0 Å². The molecule has 0 fully saturated rings. The predicted molar refractivity (Wildman–Crippen MR) is 53.4 cm³/mol. The molecule has 0 saturated heterocycles. The zero-order valence-electron chi connectivity index (χ0n) is 5.56. The third-order valence-electron chi connectivity index (χ3n) is 1.06. The number of thiophene rings is 1. The lowest BCUT2D eigenvalue weighted by Gasteiger charge is -1.93. The summed E-state index contributed by atoms with van der Waals surface area (Å²) in [5, 5.41) is 0. The molecular weight excluding hydrogens is 298 g/mol. The first-order valence-electron chi connectivity index (χ1n) is 2.68. The van der Waals surface area contributed by atoms with Crippen LogP contribution in [0.15, 0.2) is 6.07 Å². The fraction of sp³-hybridized carbons (Fsp3) is 0.167. The molecule has 0 bridgehead atoms. The highest BCUT2D eigenvalue weighted by molar-refractivity contribution is 14.1. The zero-order valence-corrected chi connectivity index (χ0v) is 9.29. The van der Waals surface area contributed by atoms with Gasteiger partial charge in [-0.3, -0.25) is 0 Å². The van der Waals surface area contributed by atoms with Gasteiger partial charge in [-0.15, -0.1) is 11.3 Å². The van der Waals surface area contributed by atoms with Crippen LogP contribution in [0.2, 0.25) is 4.34 Å². The lowest BCUT2D eigenvalue weighted by molar-refractivity contribution is 0.0600. The summed E-state index contributed by atoms with van der Waals surface area (Å²) < 4.78 is 6.00. The topological polar surface area (TPSA) is 26.3 Å². The molecule has 0 aliphatic rings. The summed E-state index contributed by atoms with van der Waals surface area (Å²) in [5.74, 6) is -0.336. The number of hydrogen-bond acceptors (Lipinski definition) is 3. The number of rotatable bonds is 1. The summed E-state index contributed by atoms with van der Waals surface area (Å²) in [5.41, 5.74) is 0.545. The molecular formula is C6H4ClIO2S. The van der Waals surface area contributed by atoms with Crippen LogP contribution >= 0.6 is 45.5 Å². The Hall–Kier alpha value is 0.190. The maximum atomic E-state index is 11.0. The summed E-state index contributed by atoms with van der Waals surface area (Å²) in [4.78, 5) is 11.0. The second kappa shape index (κ2) is 3.73. The van der Waals surface area contributed by atoms with Gasteiger partial charge in [-0.1, -0.05) is 11.6 Å². The van der Waals surface area contributed by atoms with Gasteiger partial charge < -0.3 is 4.74 Å². The molecule has 1 aromatic heterocycles. The molecule has 0 N–H and O–H groups in total. The summed E-state index contributed by atoms with van der Waals surface area (Å²) >= 11 is 9.09. The van der Waals surface area contributed by atoms with E-state index in [0.29, 0.717) is 9.90 Å². The van der Waals surface area contributed by atoms with E-state index in [4.69, 9.17) is 11.6 Å². The van der Waals surface area contributed by atoms with Crippen molar-refractivity contribution >= 4 is 51.5 Å². The predicted octanol–water partition coefficient (Wildman–Crippen LogP) is 2.79. The van der Waals surface area contributed by atoms with Crippen LogP contribution in [0.1, 0.15) is 10.4 Å². The van der Waals surface area contributed by atoms with Crippen molar-refractivity contribution in [3.63, 3.8) is 0 Å². The summed E-state index contributed by atoms with van der Waals surface area (Å²) in [6.45, 7) is 0. The van der Waals surface area contributed by atoms with Gasteiger partial charge in [0.1, 0.15) is 0 Å². The van der Waals surface area contributed by atoms with Gasteiger partial charge in [-0.05, 0) is 28.7 Å². The molecule has 1 aromatic rings. The Kier molecular flexibility index (Phi) is 3.15. The Labute approximate surface area is 86.6 Å². The fourth-order valence-corrected chi connectivity index (χ4v) is 3.01. The van der Waals surface area contributed by atoms with E-state index >= 15 is 0 Å². The van der Waals surface area contributed by atoms with Gasteiger partial charge in [0.2, 0.25) is 0 Å². The Morgan fingerprint density at radius 2 is 2.45 bits per heavy atom. The smallest absolute Gasteiger partial charge is 0.339 e. The Morgan fingerprint density at radius 1 is 1.82 bits per heavy atom. The van der Waals surface area contributed by atoms with Crippen LogP contribution < -0.4 is 0 Å². The molecule has 0 saturated carbocycles. The van der Waals surface area contributed by atoms with Crippen molar-refractivity contribution in [3.8, 4) is 0 Å². The van der Waals surface area contributed by atoms with Gasteiger partial charge in [-0.2, -0.15) is 0 Å². The SMILES string of the molecule is COC(=O)c1cc(Cl)sc1I. The summed E-state index contributed by atoms with van der Waals surface area (Å²) in [6, 6.07) is 1.61. The second-order valence-corrected chi connectivity index (χ2v) is 5.22. The highest BCUT2D eigenvalue weighted by Crippen LogP contribution is 2.28. The molecule has 0 aromatic carbocycles. The minimum absolute atomic E-state index is 0.336. The minimum Gasteiger partial charge on any atom is -0.465 e. The molecule has 5 heteroatoms. The zero-order chi connectivity index (χ0) is 8.43. The van der Waals surface area contributed by atoms with E-state index < -0.39 is 0 Å². The number of ether oxygens (including phenoxy) is 1. The number of carbonyl (C=O) groups excluding carboxylic acids is 1. The number of esters is 1.